The van der Waals surface area contributed by atoms with Crippen molar-refractivity contribution >= 4 is 27.9 Å². The summed E-state index contributed by atoms with van der Waals surface area (Å²) >= 11 is 7.21. The van der Waals surface area contributed by atoms with Crippen LogP contribution in [0.15, 0.2) is 0 Å². The van der Waals surface area contributed by atoms with Crippen LogP contribution in [0.1, 0.15) is 25.7 Å². The van der Waals surface area contributed by atoms with Gasteiger partial charge in [-0.15, -0.1) is 11.6 Å². The van der Waals surface area contributed by atoms with E-state index in [4.69, 9.17) is 17.3 Å². The third-order valence-electron chi connectivity index (χ3n) is 2.62. The first kappa shape index (κ1) is 8.88. The molecular formula is C7H15AlClN. The number of hydrogen-bond donors (Lipinski definition) is 1. The third kappa shape index (κ3) is 2.14. The van der Waals surface area contributed by atoms with Crippen LogP contribution in [0.25, 0.3) is 0 Å². The van der Waals surface area contributed by atoms with E-state index >= 15 is 0 Å². The summed E-state index contributed by atoms with van der Waals surface area (Å²) in [5.41, 5.74) is 5.67. The van der Waals surface area contributed by atoms with Crippen LogP contribution in [0.5, 0.6) is 0 Å². The smallest absolute Gasteiger partial charge is 0.223 e. The summed E-state index contributed by atoms with van der Waals surface area (Å²) in [4.78, 5) is 0. The number of alkyl halides is 1. The van der Waals surface area contributed by atoms with Crippen molar-refractivity contribution < 1.29 is 0 Å². The number of nitrogens with two attached hydrogens (primary N) is 1. The molecule has 0 bridgehead atoms. The minimum Gasteiger partial charge on any atom is -0.331 e. The lowest BCUT2D eigenvalue weighted by molar-refractivity contribution is 0.390. The molecule has 0 unspecified atom stereocenters. The summed E-state index contributed by atoms with van der Waals surface area (Å²) in [6.45, 7) is 0.878. The highest BCUT2D eigenvalue weighted by atomic mass is 35.5. The second-order valence-corrected chi connectivity index (χ2v) is 6.43. The summed E-state index contributed by atoms with van der Waals surface area (Å²) in [7, 11) is 0. The second-order valence-electron chi connectivity index (χ2n) is 3.69. The summed E-state index contributed by atoms with van der Waals surface area (Å²) in [6, 6.07) is 0. The summed E-state index contributed by atoms with van der Waals surface area (Å²) in [5.74, 6) is 0. The lowest BCUT2D eigenvalue weighted by atomic mass is 9.88. The first-order chi connectivity index (χ1) is 4.66. The van der Waals surface area contributed by atoms with Crippen molar-refractivity contribution in [3.05, 3.63) is 0 Å². The molecule has 0 aromatic carbocycles. The molecule has 1 aliphatic carbocycles. The van der Waals surface area contributed by atoms with E-state index in [-0.39, 0.29) is 0 Å². The normalized spacial score (nSPS) is 41.6. The van der Waals surface area contributed by atoms with Crippen molar-refractivity contribution in [2.45, 2.75) is 35.3 Å². The molecule has 1 aliphatic rings. The van der Waals surface area contributed by atoms with Gasteiger partial charge in [-0.05, 0) is 19.4 Å². The summed E-state index contributed by atoms with van der Waals surface area (Å²) in [5, 5.41) is 0.439. The minimum absolute atomic E-state index is 0.439. The first-order valence-corrected chi connectivity index (χ1v) is 5.44. The molecule has 0 saturated heterocycles. The Hall–Kier alpha value is 0.782. The van der Waals surface area contributed by atoms with E-state index in [1.807, 2.05) is 0 Å². The monoisotopic (exact) mass is 175 g/mol. The Morgan fingerprint density at radius 2 is 2.00 bits per heavy atom. The second kappa shape index (κ2) is 3.45. The average molecular weight is 176 g/mol. The van der Waals surface area contributed by atoms with Gasteiger partial charge < -0.3 is 5.73 Å². The van der Waals surface area contributed by atoms with Crippen LogP contribution >= 0.6 is 11.6 Å². The molecule has 0 aromatic rings. The van der Waals surface area contributed by atoms with Crippen LogP contribution in [0, 0.1) is 0 Å². The zero-order valence-electron chi connectivity index (χ0n) is 6.57. The van der Waals surface area contributed by atoms with Gasteiger partial charge in [-0.2, -0.15) is 0 Å². The zero-order valence-corrected chi connectivity index (χ0v) is 9.32. The summed E-state index contributed by atoms with van der Waals surface area (Å²) in [6.07, 6.45) is 4.90. The quantitative estimate of drug-likeness (QED) is 0.466. The summed E-state index contributed by atoms with van der Waals surface area (Å²) < 4.78 is 0.533. The van der Waals surface area contributed by atoms with Crippen LogP contribution in [0.4, 0.5) is 0 Å². The number of halogens is 1. The molecule has 0 aliphatic heterocycles. The molecule has 0 amide bonds. The van der Waals surface area contributed by atoms with Gasteiger partial charge in [-0.1, -0.05) is 17.1 Å². The van der Waals surface area contributed by atoms with E-state index < -0.39 is 0 Å². The maximum atomic E-state index is 5.98. The number of hydrogen-bond acceptors (Lipinski definition) is 1. The highest BCUT2D eigenvalue weighted by molar-refractivity contribution is 6.21. The van der Waals surface area contributed by atoms with E-state index in [1.165, 1.54) is 42.0 Å². The van der Waals surface area contributed by atoms with Crippen molar-refractivity contribution in [2.24, 2.45) is 5.73 Å². The standard InChI is InChI=1S/C7H13ClN.Al.2H/c8-7-3-1-6(5-9)2-4-7;;;/h7H,1-5,9H2;;;. The molecule has 1 saturated carbocycles. The highest BCUT2D eigenvalue weighted by Gasteiger charge is 2.28. The van der Waals surface area contributed by atoms with Gasteiger partial charge in [0.25, 0.3) is 0 Å². The van der Waals surface area contributed by atoms with Crippen molar-refractivity contribution in [2.75, 3.05) is 6.54 Å². The molecule has 58 valence electrons. The van der Waals surface area contributed by atoms with Crippen molar-refractivity contribution in [1.82, 2.24) is 0 Å². The van der Waals surface area contributed by atoms with Gasteiger partial charge in [-0.3, -0.25) is 0 Å². The molecule has 0 heterocycles. The lowest BCUT2D eigenvalue weighted by Gasteiger charge is -2.34. The SMILES string of the molecule is NC[C]1([AlH2])CCC(Cl)CC1. The average Bonchev–Trinajstić information content (AvgIpc) is 1.96. The molecule has 1 nitrogen and oxygen atoms in total. The van der Waals surface area contributed by atoms with Crippen molar-refractivity contribution in [3.63, 3.8) is 0 Å². The maximum Gasteiger partial charge on any atom is 0.223 e. The van der Waals surface area contributed by atoms with Crippen molar-refractivity contribution in [1.29, 1.82) is 0 Å². The fourth-order valence-corrected chi connectivity index (χ4v) is 2.28. The molecule has 0 atom stereocenters. The van der Waals surface area contributed by atoms with E-state index in [2.05, 4.69) is 0 Å². The van der Waals surface area contributed by atoms with Gasteiger partial charge in [-0.25, -0.2) is 0 Å². The molecule has 1 fully saturated rings. The van der Waals surface area contributed by atoms with Crippen LogP contribution in [-0.2, 0) is 0 Å². The molecule has 0 radical (unpaired) electrons. The lowest BCUT2D eigenvalue weighted by Crippen LogP contribution is -2.29. The van der Waals surface area contributed by atoms with E-state index in [0.29, 0.717) is 9.65 Å². The molecule has 0 spiro atoms. The first-order valence-electron chi connectivity index (χ1n) is 4.00. The van der Waals surface area contributed by atoms with Crippen LogP contribution in [0.2, 0.25) is 4.28 Å². The molecule has 1 rings (SSSR count). The molecule has 0 aromatic heterocycles. The van der Waals surface area contributed by atoms with Gasteiger partial charge in [0.15, 0.2) is 0 Å². The van der Waals surface area contributed by atoms with Gasteiger partial charge in [0.05, 0.1) is 0 Å². The van der Waals surface area contributed by atoms with E-state index in [0.717, 1.165) is 6.54 Å². The predicted octanol–water partition coefficient (Wildman–Crippen LogP) is 0.918. The van der Waals surface area contributed by atoms with Crippen LogP contribution < -0.4 is 5.73 Å². The van der Waals surface area contributed by atoms with Crippen molar-refractivity contribution in [3.8, 4) is 0 Å². The fraction of sp³-hybridized carbons (Fsp3) is 1.00. The number of rotatable bonds is 1. The van der Waals surface area contributed by atoms with E-state index in [9.17, 15) is 0 Å². The van der Waals surface area contributed by atoms with Gasteiger partial charge in [0.1, 0.15) is 0 Å². The third-order valence-corrected chi connectivity index (χ3v) is 4.46. The molecule has 3 heteroatoms. The van der Waals surface area contributed by atoms with Gasteiger partial charge in [0, 0.05) is 5.38 Å². The Bertz CT molecular complexity index is 110. The Labute approximate surface area is 75.7 Å². The zero-order chi connectivity index (χ0) is 7.61. The topological polar surface area (TPSA) is 26.0 Å². The Balaban J connectivity index is 2.38. The van der Waals surface area contributed by atoms with Gasteiger partial charge >= 0.3 is 0 Å². The minimum atomic E-state index is 0.439. The van der Waals surface area contributed by atoms with Crippen LogP contribution in [0.3, 0.4) is 0 Å². The molecular weight excluding hydrogens is 161 g/mol. The van der Waals surface area contributed by atoms with Crippen LogP contribution in [-0.4, -0.2) is 28.2 Å². The fourth-order valence-electron chi connectivity index (χ4n) is 1.48. The Kier molecular flexibility index (Phi) is 3.06. The maximum absolute atomic E-state index is 5.98. The molecule has 10 heavy (non-hydrogen) atoms. The van der Waals surface area contributed by atoms with E-state index in [1.54, 1.807) is 0 Å². The largest absolute Gasteiger partial charge is 0.331 e. The van der Waals surface area contributed by atoms with Gasteiger partial charge in [0.2, 0.25) is 16.3 Å². The Morgan fingerprint density at radius 3 is 2.40 bits per heavy atom. The Morgan fingerprint density at radius 1 is 1.50 bits per heavy atom. The molecule has 2 N–H and O–H groups in total. The predicted molar refractivity (Wildman–Crippen MR) is 48.4 cm³/mol. The highest BCUT2D eigenvalue weighted by Crippen LogP contribution is 2.40.